The van der Waals surface area contributed by atoms with Crippen molar-refractivity contribution in [1.82, 2.24) is 25.5 Å². The molecule has 0 saturated carbocycles. The lowest BCUT2D eigenvalue weighted by molar-refractivity contribution is 0.427. The van der Waals surface area contributed by atoms with Gasteiger partial charge in [0.25, 0.3) is 0 Å². The van der Waals surface area contributed by atoms with E-state index in [4.69, 9.17) is 9.15 Å². The molecule has 130 valence electrons. The Morgan fingerprint density at radius 2 is 1.77 bits per heavy atom. The molecule has 0 saturated heterocycles. The number of nitrogens with zero attached hydrogens (tertiary/aromatic N) is 4. The molecule has 0 fully saturated rings. The van der Waals surface area contributed by atoms with Crippen molar-refractivity contribution in [3.05, 3.63) is 84.3 Å². The van der Waals surface area contributed by atoms with Crippen molar-refractivity contribution in [1.29, 1.82) is 0 Å². The van der Waals surface area contributed by atoms with E-state index in [1.165, 1.54) is 0 Å². The zero-order valence-electron chi connectivity index (χ0n) is 13.9. The minimum absolute atomic E-state index is 0.319. The Bertz CT molecular complexity index is 934. The van der Waals surface area contributed by atoms with E-state index in [1.807, 2.05) is 66.7 Å². The van der Waals surface area contributed by atoms with Gasteiger partial charge in [-0.2, -0.15) is 4.68 Å². The Hall–Kier alpha value is -3.45. The van der Waals surface area contributed by atoms with Crippen molar-refractivity contribution < 1.29 is 9.15 Å². The summed E-state index contributed by atoms with van der Waals surface area (Å²) in [5, 5.41) is 14.9. The predicted octanol–water partition coefficient (Wildman–Crippen LogP) is 3.34. The summed E-state index contributed by atoms with van der Waals surface area (Å²) in [7, 11) is 0. The van der Waals surface area contributed by atoms with Gasteiger partial charge in [0.05, 0.1) is 18.5 Å². The molecule has 0 unspecified atom stereocenters. The quantitative estimate of drug-likeness (QED) is 0.552. The van der Waals surface area contributed by atoms with Crippen LogP contribution in [-0.2, 0) is 13.1 Å². The van der Waals surface area contributed by atoms with E-state index < -0.39 is 0 Å². The molecule has 0 amide bonds. The topological polar surface area (TPSA) is 78.0 Å². The van der Waals surface area contributed by atoms with Crippen molar-refractivity contribution in [2.75, 3.05) is 0 Å². The molecular formula is C19H17N5O2. The van der Waals surface area contributed by atoms with Gasteiger partial charge in [0, 0.05) is 6.54 Å². The highest BCUT2D eigenvalue weighted by molar-refractivity contribution is 5.34. The Morgan fingerprint density at radius 3 is 2.54 bits per heavy atom. The van der Waals surface area contributed by atoms with Crippen LogP contribution in [0.2, 0.25) is 0 Å². The largest absolute Gasteiger partial charge is 0.468 e. The molecule has 26 heavy (non-hydrogen) atoms. The second-order valence-electron chi connectivity index (χ2n) is 5.64. The highest BCUT2D eigenvalue weighted by atomic mass is 16.5. The number of hydrogen-bond acceptors (Lipinski definition) is 6. The molecule has 4 rings (SSSR count). The number of benzene rings is 2. The van der Waals surface area contributed by atoms with E-state index >= 15 is 0 Å². The van der Waals surface area contributed by atoms with Crippen LogP contribution in [-0.4, -0.2) is 20.2 Å². The lowest BCUT2D eigenvalue weighted by Gasteiger charge is -2.07. The van der Waals surface area contributed by atoms with Gasteiger partial charge in [0.15, 0.2) is 0 Å². The number of furan rings is 1. The molecule has 0 aliphatic heterocycles. The maximum absolute atomic E-state index is 5.81. The van der Waals surface area contributed by atoms with Crippen LogP contribution in [0, 0.1) is 0 Å². The predicted molar refractivity (Wildman–Crippen MR) is 94.9 cm³/mol. The molecule has 2 aromatic carbocycles. The van der Waals surface area contributed by atoms with Crippen molar-refractivity contribution >= 4 is 0 Å². The summed E-state index contributed by atoms with van der Waals surface area (Å²) in [6, 6.07) is 21.6. The molecule has 0 atom stereocenters. The molecule has 7 nitrogen and oxygen atoms in total. The van der Waals surface area contributed by atoms with Crippen LogP contribution in [0.5, 0.6) is 11.8 Å². The first-order valence-electron chi connectivity index (χ1n) is 8.22. The van der Waals surface area contributed by atoms with Crippen LogP contribution in [0.25, 0.3) is 5.69 Å². The first kappa shape index (κ1) is 16.0. The van der Waals surface area contributed by atoms with E-state index in [1.54, 1.807) is 10.9 Å². The van der Waals surface area contributed by atoms with E-state index in [2.05, 4.69) is 20.8 Å². The Kier molecular flexibility index (Phi) is 4.70. The van der Waals surface area contributed by atoms with Crippen LogP contribution in [0.4, 0.5) is 0 Å². The fraction of sp³-hybridized carbons (Fsp3) is 0.105. The Morgan fingerprint density at radius 1 is 0.923 bits per heavy atom. The van der Waals surface area contributed by atoms with E-state index in [0.29, 0.717) is 18.3 Å². The summed E-state index contributed by atoms with van der Waals surface area (Å²) in [6.07, 6.45) is 1.67. The van der Waals surface area contributed by atoms with Gasteiger partial charge in [-0.05, 0) is 52.4 Å². The molecular weight excluding hydrogens is 330 g/mol. The van der Waals surface area contributed by atoms with Gasteiger partial charge in [-0.3, -0.25) is 0 Å². The molecule has 0 spiro atoms. The van der Waals surface area contributed by atoms with Gasteiger partial charge in [0.1, 0.15) is 11.5 Å². The van der Waals surface area contributed by atoms with Crippen molar-refractivity contribution in [2.45, 2.75) is 13.1 Å². The minimum atomic E-state index is 0.319. The third kappa shape index (κ3) is 3.79. The number of tetrazole rings is 1. The van der Waals surface area contributed by atoms with Gasteiger partial charge >= 0.3 is 6.01 Å². The van der Waals surface area contributed by atoms with E-state index in [0.717, 1.165) is 23.6 Å². The number of rotatable bonds is 7. The fourth-order valence-corrected chi connectivity index (χ4v) is 2.50. The molecule has 7 heteroatoms. The number of aromatic nitrogens is 4. The standard InChI is InChI=1S/C19H17N5O2/c1-2-5-16(6-3-1)24-19(21-22-23-24)26-17-10-8-15(9-11-17)13-20-14-18-7-4-12-25-18/h1-12,20H,13-14H2. The van der Waals surface area contributed by atoms with Gasteiger partial charge in [-0.1, -0.05) is 35.4 Å². The zero-order chi connectivity index (χ0) is 17.6. The summed E-state index contributed by atoms with van der Waals surface area (Å²) in [5.74, 6) is 1.59. The second-order valence-corrected chi connectivity index (χ2v) is 5.64. The molecule has 2 heterocycles. The smallest absolute Gasteiger partial charge is 0.345 e. The summed E-state index contributed by atoms with van der Waals surface area (Å²) in [6.45, 7) is 1.43. The minimum Gasteiger partial charge on any atom is -0.468 e. The van der Waals surface area contributed by atoms with Crippen LogP contribution in [0.3, 0.4) is 0 Å². The monoisotopic (exact) mass is 347 g/mol. The lowest BCUT2D eigenvalue weighted by Crippen LogP contribution is -2.11. The van der Waals surface area contributed by atoms with Crippen LogP contribution < -0.4 is 10.1 Å². The van der Waals surface area contributed by atoms with Crippen molar-refractivity contribution in [2.24, 2.45) is 0 Å². The van der Waals surface area contributed by atoms with Crippen LogP contribution >= 0.6 is 0 Å². The highest BCUT2D eigenvalue weighted by Gasteiger charge is 2.10. The van der Waals surface area contributed by atoms with E-state index in [-0.39, 0.29) is 0 Å². The maximum atomic E-state index is 5.81. The van der Waals surface area contributed by atoms with Crippen molar-refractivity contribution in [3.8, 4) is 17.4 Å². The van der Waals surface area contributed by atoms with Crippen LogP contribution in [0.15, 0.2) is 77.4 Å². The third-order valence-corrected chi connectivity index (χ3v) is 3.78. The lowest BCUT2D eigenvalue weighted by atomic mass is 10.2. The number of hydrogen-bond donors (Lipinski definition) is 1. The fourth-order valence-electron chi connectivity index (χ4n) is 2.50. The number of nitrogens with one attached hydrogen (secondary N) is 1. The highest BCUT2D eigenvalue weighted by Crippen LogP contribution is 2.21. The average Bonchev–Trinajstić information content (AvgIpc) is 3.36. The van der Waals surface area contributed by atoms with Gasteiger partial charge in [-0.15, -0.1) is 0 Å². The first-order valence-corrected chi connectivity index (χ1v) is 8.22. The number of ether oxygens (including phenoxy) is 1. The van der Waals surface area contributed by atoms with Gasteiger partial charge in [-0.25, -0.2) is 0 Å². The third-order valence-electron chi connectivity index (χ3n) is 3.78. The molecule has 0 radical (unpaired) electrons. The maximum Gasteiger partial charge on any atom is 0.345 e. The van der Waals surface area contributed by atoms with Crippen molar-refractivity contribution in [3.63, 3.8) is 0 Å². The normalized spacial score (nSPS) is 10.8. The van der Waals surface area contributed by atoms with E-state index in [9.17, 15) is 0 Å². The summed E-state index contributed by atoms with van der Waals surface area (Å²) >= 11 is 0. The Balaban J connectivity index is 1.38. The first-order chi connectivity index (χ1) is 12.9. The molecule has 2 aromatic heterocycles. The molecule has 0 aliphatic rings. The molecule has 4 aromatic rings. The summed E-state index contributed by atoms with van der Waals surface area (Å²) < 4.78 is 12.7. The summed E-state index contributed by atoms with van der Waals surface area (Å²) in [5.41, 5.74) is 1.98. The molecule has 0 aliphatic carbocycles. The molecule has 1 N–H and O–H groups in total. The molecule has 0 bridgehead atoms. The second kappa shape index (κ2) is 7.62. The van der Waals surface area contributed by atoms with Gasteiger partial charge in [0.2, 0.25) is 0 Å². The number of para-hydroxylation sites is 1. The SMILES string of the molecule is c1ccc(-n2nnnc2Oc2ccc(CNCc3ccco3)cc2)cc1. The Labute approximate surface area is 150 Å². The van der Waals surface area contributed by atoms with Gasteiger partial charge < -0.3 is 14.5 Å². The van der Waals surface area contributed by atoms with Crippen LogP contribution in [0.1, 0.15) is 11.3 Å². The summed E-state index contributed by atoms with van der Waals surface area (Å²) in [4.78, 5) is 0. The zero-order valence-corrected chi connectivity index (χ0v) is 13.9. The average molecular weight is 347 g/mol.